The maximum atomic E-state index is 9.04. The Morgan fingerprint density at radius 1 is 1.54 bits per heavy atom. The van der Waals surface area contributed by atoms with Crippen molar-refractivity contribution in [3.05, 3.63) is 35.4 Å². The Morgan fingerprint density at radius 3 is 3.08 bits per heavy atom. The summed E-state index contributed by atoms with van der Waals surface area (Å²) < 4.78 is 5.62. The lowest BCUT2D eigenvalue weighted by Gasteiger charge is -2.16. The van der Waals surface area contributed by atoms with Crippen LogP contribution in [0, 0.1) is 5.92 Å². The number of aliphatic hydroxyl groups is 1. The molecule has 0 radical (unpaired) electrons. The van der Waals surface area contributed by atoms with E-state index in [0.717, 1.165) is 0 Å². The number of rotatable bonds is 2. The van der Waals surface area contributed by atoms with Gasteiger partial charge in [-0.2, -0.15) is 0 Å². The highest BCUT2D eigenvalue weighted by Gasteiger charge is 2.26. The minimum Gasteiger partial charge on any atom is -0.396 e. The molecule has 2 heteroatoms. The van der Waals surface area contributed by atoms with Crippen LogP contribution in [0.1, 0.15) is 24.2 Å². The van der Waals surface area contributed by atoms with E-state index in [-0.39, 0.29) is 18.6 Å². The van der Waals surface area contributed by atoms with Crippen molar-refractivity contribution in [1.29, 1.82) is 0 Å². The molecule has 1 aliphatic heterocycles. The summed E-state index contributed by atoms with van der Waals surface area (Å²) in [4.78, 5) is 0. The SMILES string of the molecule is C[C@H](CO)C1OCc2ccccc21. The maximum absolute atomic E-state index is 9.04. The summed E-state index contributed by atoms with van der Waals surface area (Å²) in [5.41, 5.74) is 2.50. The van der Waals surface area contributed by atoms with E-state index in [2.05, 4.69) is 12.1 Å². The Hall–Kier alpha value is -0.860. The Kier molecular flexibility index (Phi) is 2.34. The summed E-state index contributed by atoms with van der Waals surface area (Å²) in [6, 6.07) is 8.21. The van der Waals surface area contributed by atoms with Crippen molar-refractivity contribution in [3.63, 3.8) is 0 Å². The molecule has 0 spiro atoms. The first-order valence-electron chi connectivity index (χ1n) is 4.63. The Labute approximate surface area is 78.2 Å². The molecule has 1 aliphatic rings. The van der Waals surface area contributed by atoms with Gasteiger partial charge in [-0.25, -0.2) is 0 Å². The summed E-state index contributed by atoms with van der Waals surface area (Å²) in [5, 5.41) is 9.04. The van der Waals surface area contributed by atoms with Gasteiger partial charge in [0.15, 0.2) is 0 Å². The van der Waals surface area contributed by atoms with Crippen LogP contribution in [0.2, 0.25) is 0 Å². The van der Waals surface area contributed by atoms with Crippen LogP contribution in [-0.4, -0.2) is 11.7 Å². The van der Waals surface area contributed by atoms with Crippen molar-refractivity contribution in [2.24, 2.45) is 5.92 Å². The molecule has 0 bridgehead atoms. The first kappa shape index (κ1) is 8.73. The zero-order valence-electron chi connectivity index (χ0n) is 7.73. The number of ether oxygens (including phenoxy) is 1. The zero-order valence-corrected chi connectivity index (χ0v) is 7.73. The molecule has 13 heavy (non-hydrogen) atoms. The van der Waals surface area contributed by atoms with Crippen molar-refractivity contribution in [2.75, 3.05) is 6.61 Å². The summed E-state index contributed by atoms with van der Waals surface area (Å²) in [5.74, 6) is 0.184. The van der Waals surface area contributed by atoms with Gasteiger partial charge >= 0.3 is 0 Å². The van der Waals surface area contributed by atoms with E-state index in [1.54, 1.807) is 0 Å². The second-order valence-corrected chi connectivity index (χ2v) is 3.59. The molecule has 1 aromatic carbocycles. The van der Waals surface area contributed by atoms with Gasteiger partial charge in [-0.15, -0.1) is 0 Å². The molecule has 70 valence electrons. The summed E-state index contributed by atoms with van der Waals surface area (Å²) in [7, 11) is 0. The fourth-order valence-electron chi connectivity index (χ4n) is 1.78. The lowest BCUT2D eigenvalue weighted by atomic mass is 9.97. The van der Waals surface area contributed by atoms with Crippen molar-refractivity contribution in [1.82, 2.24) is 0 Å². The maximum Gasteiger partial charge on any atom is 0.0880 e. The topological polar surface area (TPSA) is 29.5 Å². The zero-order chi connectivity index (χ0) is 9.26. The van der Waals surface area contributed by atoms with Crippen LogP contribution in [0.25, 0.3) is 0 Å². The van der Waals surface area contributed by atoms with Crippen molar-refractivity contribution in [2.45, 2.75) is 19.6 Å². The van der Waals surface area contributed by atoms with Crippen LogP contribution in [-0.2, 0) is 11.3 Å². The molecular formula is C11H14O2. The number of aliphatic hydroxyl groups excluding tert-OH is 1. The monoisotopic (exact) mass is 178 g/mol. The molecule has 2 nitrogen and oxygen atoms in total. The number of hydrogen-bond donors (Lipinski definition) is 1. The van der Waals surface area contributed by atoms with Crippen molar-refractivity contribution >= 4 is 0 Å². The quantitative estimate of drug-likeness (QED) is 0.749. The van der Waals surface area contributed by atoms with Crippen molar-refractivity contribution in [3.8, 4) is 0 Å². The van der Waals surface area contributed by atoms with Gasteiger partial charge < -0.3 is 9.84 Å². The van der Waals surface area contributed by atoms with E-state index < -0.39 is 0 Å². The summed E-state index contributed by atoms with van der Waals surface area (Å²) >= 11 is 0. The van der Waals surface area contributed by atoms with E-state index in [1.807, 2.05) is 19.1 Å². The van der Waals surface area contributed by atoms with Gasteiger partial charge in [-0.3, -0.25) is 0 Å². The fraction of sp³-hybridized carbons (Fsp3) is 0.455. The summed E-state index contributed by atoms with van der Waals surface area (Å²) in [6.45, 7) is 2.87. The molecule has 0 saturated carbocycles. The van der Waals surface area contributed by atoms with E-state index in [4.69, 9.17) is 9.84 Å². The molecule has 2 rings (SSSR count). The Balaban J connectivity index is 2.28. The molecule has 0 fully saturated rings. The molecule has 0 aromatic heterocycles. The van der Waals surface area contributed by atoms with Gasteiger partial charge in [-0.1, -0.05) is 31.2 Å². The van der Waals surface area contributed by atoms with E-state index in [1.165, 1.54) is 11.1 Å². The molecule has 1 heterocycles. The average molecular weight is 178 g/mol. The van der Waals surface area contributed by atoms with Crippen LogP contribution < -0.4 is 0 Å². The van der Waals surface area contributed by atoms with Crippen LogP contribution in [0.15, 0.2) is 24.3 Å². The molecule has 2 atom stereocenters. The highest BCUT2D eigenvalue weighted by atomic mass is 16.5. The number of hydrogen-bond acceptors (Lipinski definition) is 2. The second kappa shape index (κ2) is 3.48. The third kappa shape index (κ3) is 1.47. The smallest absolute Gasteiger partial charge is 0.0880 e. The second-order valence-electron chi connectivity index (χ2n) is 3.59. The van der Waals surface area contributed by atoms with Gasteiger partial charge in [0.25, 0.3) is 0 Å². The molecule has 1 N–H and O–H groups in total. The fourth-order valence-corrected chi connectivity index (χ4v) is 1.78. The number of fused-ring (bicyclic) bond motifs is 1. The Bertz CT molecular complexity index is 296. The third-order valence-corrected chi connectivity index (χ3v) is 2.58. The predicted molar refractivity (Wildman–Crippen MR) is 50.2 cm³/mol. The standard InChI is InChI=1S/C11H14O2/c1-8(6-12)11-10-5-3-2-4-9(10)7-13-11/h2-5,8,11-12H,6-7H2,1H3/t8-,11?/m1/s1. The van der Waals surface area contributed by atoms with Gasteiger partial charge in [0.2, 0.25) is 0 Å². The van der Waals surface area contributed by atoms with Gasteiger partial charge in [0.1, 0.15) is 0 Å². The molecule has 0 saturated heterocycles. The van der Waals surface area contributed by atoms with Gasteiger partial charge in [-0.05, 0) is 11.1 Å². The van der Waals surface area contributed by atoms with E-state index in [9.17, 15) is 0 Å². The van der Waals surface area contributed by atoms with Crippen molar-refractivity contribution < 1.29 is 9.84 Å². The minimum absolute atomic E-state index is 0.0844. The number of benzene rings is 1. The van der Waals surface area contributed by atoms with E-state index >= 15 is 0 Å². The third-order valence-electron chi connectivity index (χ3n) is 2.58. The highest BCUT2D eigenvalue weighted by molar-refractivity contribution is 5.31. The van der Waals surface area contributed by atoms with Crippen LogP contribution in [0.5, 0.6) is 0 Å². The molecule has 1 aromatic rings. The van der Waals surface area contributed by atoms with Crippen LogP contribution in [0.3, 0.4) is 0 Å². The largest absolute Gasteiger partial charge is 0.396 e. The van der Waals surface area contributed by atoms with Gasteiger partial charge in [0.05, 0.1) is 12.7 Å². The average Bonchev–Trinajstić information content (AvgIpc) is 2.60. The van der Waals surface area contributed by atoms with Crippen LogP contribution in [0.4, 0.5) is 0 Å². The molecule has 0 amide bonds. The van der Waals surface area contributed by atoms with E-state index in [0.29, 0.717) is 6.61 Å². The lowest BCUT2D eigenvalue weighted by molar-refractivity contribution is 0.00955. The van der Waals surface area contributed by atoms with Gasteiger partial charge in [0, 0.05) is 12.5 Å². The molecule has 0 aliphatic carbocycles. The highest BCUT2D eigenvalue weighted by Crippen LogP contribution is 2.35. The first-order valence-corrected chi connectivity index (χ1v) is 4.63. The Morgan fingerprint density at radius 2 is 2.31 bits per heavy atom. The first-order chi connectivity index (χ1) is 6.33. The minimum atomic E-state index is 0.0844. The summed E-state index contributed by atoms with van der Waals surface area (Å²) in [6.07, 6.45) is 0.0844. The normalized spacial score (nSPS) is 22.8. The molecule has 1 unspecified atom stereocenters. The van der Waals surface area contributed by atoms with Crippen LogP contribution >= 0.6 is 0 Å². The molecular weight excluding hydrogens is 164 g/mol. The lowest BCUT2D eigenvalue weighted by Crippen LogP contribution is -2.12. The predicted octanol–water partition coefficient (Wildman–Crippen LogP) is 1.89.